The lowest BCUT2D eigenvalue weighted by atomic mass is 10.1. The predicted octanol–water partition coefficient (Wildman–Crippen LogP) is 3.24. The maximum Gasteiger partial charge on any atom is 0.243 e. The lowest BCUT2D eigenvalue weighted by Crippen LogP contribution is -2.41. The second-order valence-corrected chi connectivity index (χ2v) is 8.43. The monoisotopic (exact) mass is 400 g/mol. The third-order valence-electron chi connectivity index (χ3n) is 3.72. The minimum atomic E-state index is -3.56. The van der Waals surface area contributed by atoms with Crippen LogP contribution < -0.4 is 5.32 Å². The first-order chi connectivity index (χ1) is 11.7. The predicted molar refractivity (Wildman–Crippen MR) is 100 cm³/mol. The zero-order chi connectivity index (χ0) is 18.6. The molecule has 5 nitrogen and oxygen atoms in total. The van der Waals surface area contributed by atoms with Crippen LogP contribution in [0.5, 0.6) is 0 Å². The summed E-state index contributed by atoms with van der Waals surface area (Å²) in [5.74, 6) is -0.440. The number of nitrogens with one attached hydrogen (secondary N) is 1. The highest BCUT2D eigenvalue weighted by molar-refractivity contribution is 7.88. The van der Waals surface area contributed by atoms with E-state index in [0.717, 1.165) is 10.6 Å². The van der Waals surface area contributed by atoms with Crippen molar-refractivity contribution in [3.8, 4) is 0 Å². The number of carbonyl (C=O) groups is 1. The molecule has 2 aromatic rings. The first kappa shape index (κ1) is 19.7. The summed E-state index contributed by atoms with van der Waals surface area (Å²) in [4.78, 5) is 12.7. The van der Waals surface area contributed by atoms with Gasteiger partial charge in [-0.15, -0.1) is 0 Å². The van der Waals surface area contributed by atoms with Gasteiger partial charge in [-0.05, 0) is 23.3 Å². The van der Waals surface area contributed by atoms with Crippen LogP contribution in [0.2, 0.25) is 10.0 Å². The molecule has 1 atom stereocenters. The van der Waals surface area contributed by atoms with Gasteiger partial charge in [0, 0.05) is 23.6 Å². The summed E-state index contributed by atoms with van der Waals surface area (Å²) in [6.07, 6.45) is 1.06. The van der Waals surface area contributed by atoms with Crippen molar-refractivity contribution in [2.75, 3.05) is 13.3 Å². The molecule has 0 bridgehead atoms. The maximum atomic E-state index is 12.7. The molecule has 1 N–H and O–H groups in total. The largest absolute Gasteiger partial charge is 0.350 e. The summed E-state index contributed by atoms with van der Waals surface area (Å²) in [5, 5.41) is 3.67. The molecular weight excluding hydrogens is 383 g/mol. The summed E-state index contributed by atoms with van der Waals surface area (Å²) in [5.41, 5.74) is 1.27. The number of likely N-dealkylation sites (N-methyl/N-ethyl adjacent to an activating group) is 1. The molecule has 0 aromatic heterocycles. The highest BCUT2D eigenvalue weighted by Crippen LogP contribution is 2.24. The Morgan fingerprint density at radius 2 is 1.80 bits per heavy atom. The fourth-order valence-corrected chi connectivity index (χ4v) is 3.37. The van der Waals surface area contributed by atoms with Gasteiger partial charge in [0.1, 0.15) is 6.04 Å². The number of benzene rings is 2. The van der Waals surface area contributed by atoms with Crippen molar-refractivity contribution in [2.24, 2.45) is 0 Å². The first-order valence-corrected chi connectivity index (χ1v) is 10.00. The fraction of sp³-hybridized carbons (Fsp3) is 0.235. The zero-order valence-corrected chi connectivity index (χ0v) is 16.1. The van der Waals surface area contributed by atoms with E-state index in [2.05, 4.69) is 5.32 Å². The van der Waals surface area contributed by atoms with Crippen LogP contribution in [0.25, 0.3) is 0 Å². The van der Waals surface area contributed by atoms with Crippen LogP contribution in [-0.2, 0) is 21.4 Å². The molecule has 0 aliphatic rings. The van der Waals surface area contributed by atoms with Crippen molar-refractivity contribution in [1.82, 2.24) is 9.62 Å². The van der Waals surface area contributed by atoms with E-state index in [-0.39, 0.29) is 6.54 Å². The Bertz CT molecular complexity index is 857. The number of carbonyl (C=O) groups excluding carboxylic acids is 1. The quantitative estimate of drug-likeness (QED) is 0.808. The van der Waals surface area contributed by atoms with E-state index >= 15 is 0 Å². The Morgan fingerprint density at radius 1 is 1.16 bits per heavy atom. The molecule has 8 heteroatoms. The van der Waals surface area contributed by atoms with Gasteiger partial charge in [0.25, 0.3) is 0 Å². The molecule has 2 aromatic carbocycles. The van der Waals surface area contributed by atoms with Gasteiger partial charge in [-0.2, -0.15) is 4.31 Å². The smallest absolute Gasteiger partial charge is 0.243 e. The van der Waals surface area contributed by atoms with E-state index in [9.17, 15) is 13.2 Å². The van der Waals surface area contributed by atoms with E-state index in [0.29, 0.717) is 21.2 Å². The van der Waals surface area contributed by atoms with Gasteiger partial charge >= 0.3 is 0 Å². The van der Waals surface area contributed by atoms with Gasteiger partial charge in [0.15, 0.2) is 0 Å². The number of halogens is 2. The van der Waals surface area contributed by atoms with Crippen molar-refractivity contribution in [3.63, 3.8) is 0 Å². The number of hydrogen-bond donors (Lipinski definition) is 1. The van der Waals surface area contributed by atoms with Crippen LogP contribution in [-0.4, -0.2) is 31.9 Å². The van der Waals surface area contributed by atoms with Crippen molar-refractivity contribution in [3.05, 3.63) is 69.7 Å². The summed E-state index contributed by atoms with van der Waals surface area (Å²) in [7, 11) is -2.19. The lowest BCUT2D eigenvalue weighted by molar-refractivity contribution is -0.124. The van der Waals surface area contributed by atoms with E-state index in [4.69, 9.17) is 23.2 Å². The minimum absolute atomic E-state index is 0.162. The standard InChI is InChI=1S/C17H18Cl2N2O3S/c1-21(25(2,23)24)16(12-6-4-3-5-7-12)17(22)20-11-13-8-9-14(18)10-15(13)19/h3-10,16H,11H2,1-2H3,(H,20,22)/t16-/m0/s1. The molecule has 25 heavy (non-hydrogen) atoms. The number of rotatable bonds is 6. The molecule has 1 amide bonds. The number of amides is 1. The van der Waals surface area contributed by atoms with Crippen molar-refractivity contribution in [2.45, 2.75) is 12.6 Å². The van der Waals surface area contributed by atoms with Crippen LogP contribution in [0.1, 0.15) is 17.2 Å². The Labute approximate surface area is 157 Å². The van der Waals surface area contributed by atoms with Crippen LogP contribution >= 0.6 is 23.2 Å². The third kappa shape index (κ3) is 5.19. The van der Waals surface area contributed by atoms with Crippen molar-refractivity contribution >= 4 is 39.1 Å². The lowest BCUT2D eigenvalue weighted by Gasteiger charge is -2.25. The van der Waals surface area contributed by atoms with E-state index in [1.165, 1.54) is 7.05 Å². The normalized spacial score (nSPS) is 12.8. The topological polar surface area (TPSA) is 66.5 Å². The van der Waals surface area contributed by atoms with Gasteiger partial charge in [-0.25, -0.2) is 8.42 Å². The molecule has 0 spiro atoms. The molecule has 0 radical (unpaired) electrons. The average molecular weight is 401 g/mol. The molecule has 0 heterocycles. The molecule has 0 fully saturated rings. The van der Waals surface area contributed by atoms with Gasteiger partial charge < -0.3 is 5.32 Å². The van der Waals surface area contributed by atoms with Crippen LogP contribution in [0, 0.1) is 0 Å². The van der Waals surface area contributed by atoms with Crippen molar-refractivity contribution < 1.29 is 13.2 Å². The van der Waals surface area contributed by atoms with E-state index < -0.39 is 22.0 Å². The molecule has 134 valence electrons. The zero-order valence-electron chi connectivity index (χ0n) is 13.7. The molecule has 0 saturated heterocycles. The number of nitrogens with zero attached hydrogens (tertiary/aromatic N) is 1. The number of sulfonamides is 1. The highest BCUT2D eigenvalue weighted by atomic mass is 35.5. The van der Waals surface area contributed by atoms with Crippen molar-refractivity contribution in [1.29, 1.82) is 0 Å². The van der Waals surface area contributed by atoms with E-state index in [1.807, 2.05) is 0 Å². The molecule has 0 saturated carbocycles. The third-order valence-corrected chi connectivity index (χ3v) is 5.56. The second kappa shape index (κ2) is 8.19. The first-order valence-electron chi connectivity index (χ1n) is 7.39. The molecule has 0 aliphatic carbocycles. The average Bonchev–Trinajstić information content (AvgIpc) is 2.54. The summed E-state index contributed by atoms with van der Waals surface area (Å²) >= 11 is 12.0. The Hall–Kier alpha value is -1.60. The fourth-order valence-electron chi connectivity index (χ4n) is 2.30. The minimum Gasteiger partial charge on any atom is -0.350 e. The summed E-state index contributed by atoms with van der Waals surface area (Å²) in [6, 6.07) is 12.7. The van der Waals surface area contributed by atoms with Crippen LogP contribution in [0.4, 0.5) is 0 Å². The molecule has 2 rings (SSSR count). The molecular formula is C17H18Cl2N2O3S. The molecule has 0 unspecified atom stereocenters. The van der Waals surface area contributed by atoms with E-state index in [1.54, 1.807) is 48.5 Å². The van der Waals surface area contributed by atoms with Crippen LogP contribution in [0.3, 0.4) is 0 Å². The highest BCUT2D eigenvalue weighted by Gasteiger charge is 2.30. The SMILES string of the molecule is CN([C@H](C(=O)NCc1ccc(Cl)cc1Cl)c1ccccc1)S(C)(=O)=O. The number of hydrogen-bond acceptors (Lipinski definition) is 3. The summed E-state index contributed by atoms with van der Waals surface area (Å²) in [6.45, 7) is 0.162. The van der Waals surface area contributed by atoms with Gasteiger partial charge in [0.05, 0.1) is 6.26 Å². The van der Waals surface area contributed by atoms with Gasteiger partial charge in [-0.3, -0.25) is 4.79 Å². The van der Waals surface area contributed by atoms with Gasteiger partial charge in [0.2, 0.25) is 15.9 Å². The maximum absolute atomic E-state index is 12.7. The Kier molecular flexibility index (Phi) is 6.46. The van der Waals surface area contributed by atoms with Crippen LogP contribution in [0.15, 0.2) is 48.5 Å². The Morgan fingerprint density at radius 3 is 2.36 bits per heavy atom. The molecule has 0 aliphatic heterocycles. The van der Waals surface area contributed by atoms with Gasteiger partial charge in [-0.1, -0.05) is 59.6 Å². The Balaban J connectivity index is 2.24. The summed E-state index contributed by atoms with van der Waals surface area (Å²) < 4.78 is 24.9. The second-order valence-electron chi connectivity index (χ2n) is 5.55.